The molecule has 1 aromatic carbocycles. The third-order valence-corrected chi connectivity index (χ3v) is 3.10. The first-order chi connectivity index (χ1) is 7.15. The molecule has 0 fully saturated rings. The highest BCUT2D eigenvalue weighted by Gasteiger charge is 2.03. The molecule has 0 aromatic heterocycles. The molecule has 0 saturated heterocycles. The van der Waals surface area contributed by atoms with Crippen LogP contribution in [0.1, 0.15) is 18.1 Å². The molecule has 0 heterocycles. The Labute approximate surface area is 100 Å². The number of aryl methyl sites for hydroxylation is 2. The maximum atomic E-state index is 5.69. The van der Waals surface area contributed by atoms with Gasteiger partial charge in [0.2, 0.25) is 0 Å². The van der Waals surface area contributed by atoms with Crippen molar-refractivity contribution >= 4 is 15.9 Å². The van der Waals surface area contributed by atoms with Gasteiger partial charge in [-0.15, -0.1) is 0 Å². The number of ether oxygens (including phenoxy) is 1. The molecule has 0 saturated carbocycles. The minimum atomic E-state index is 0.718. The van der Waals surface area contributed by atoms with Crippen molar-refractivity contribution in [1.82, 2.24) is 5.32 Å². The third kappa shape index (κ3) is 3.84. The second-order valence-corrected chi connectivity index (χ2v) is 4.42. The topological polar surface area (TPSA) is 21.3 Å². The summed E-state index contributed by atoms with van der Waals surface area (Å²) in [6, 6.07) is 4.17. The Morgan fingerprint density at radius 1 is 1.27 bits per heavy atom. The fourth-order valence-corrected chi connectivity index (χ4v) is 1.78. The minimum Gasteiger partial charge on any atom is -0.492 e. The smallest absolute Gasteiger partial charge is 0.122 e. The summed E-state index contributed by atoms with van der Waals surface area (Å²) < 4.78 is 6.83. The highest BCUT2D eigenvalue weighted by Crippen LogP contribution is 2.26. The van der Waals surface area contributed by atoms with Crippen LogP contribution in [0.4, 0.5) is 0 Å². The Bertz CT molecular complexity index is 326. The monoisotopic (exact) mass is 271 g/mol. The molecule has 84 valence electrons. The van der Waals surface area contributed by atoms with Crippen molar-refractivity contribution < 1.29 is 4.74 Å². The van der Waals surface area contributed by atoms with Gasteiger partial charge in [-0.3, -0.25) is 0 Å². The largest absolute Gasteiger partial charge is 0.492 e. The van der Waals surface area contributed by atoms with Gasteiger partial charge in [0, 0.05) is 11.0 Å². The fraction of sp³-hybridized carbons (Fsp3) is 0.500. The molecule has 1 aromatic rings. The van der Waals surface area contributed by atoms with Gasteiger partial charge in [-0.1, -0.05) is 22.9 Å². The molecule has 0 unspecified atom stereocenters. The average Bonchev–Trinajstić information content (AvgIpc) is 2.20. The quantitative estimate of drug-likeness (QED) is 0.832. The highest BCUT2D eigenvalue weighted by atomic mass is 79.9. The van der Waals surface area contributed by atoms with Crippen molar-refractivity contribution in [3.63, 3.8) is 0 Å². The summed E-state index contributed by atoms with van der Waals surface area (Å²) in [6.45, 7) is 8.82. The van der Waals surface area contributed by atoms with Crippen LogP contribution in [0.25, 0.3) is 0 Å². The highest BCUT2D eigenvalue weighted by molar-refractivity contribution is 9.10. The predicted octanol–water partition coefficient (Wildman–Crippen LogP) is 3.05. The fourth-order valence-electron chi connectivity index (χ4n) is 1.32. The van der Waals surface area contributed by atoms with E-state index in [0.29, 0.717) is 0 Å². The van der Waals surface area contributed by atoms with E-state index < -0.39 is 0 Å². The van der Waals surface area contributed by atoms with E-state index in [4.69, 9.17) is 4.74 Å². The van der Waals surface area contributed by atoms with Crippen molar-refractivity contribution in [3.8, 4) is 5.75 Å². The van der Waals surface area contributed by atoms with Crippen molar-refractivity contribution in [2.75, 3.05) is 19.7 Å². The zero-order valence-electron chi connectivity index (χ0n) is 9.56. The van der Waals surface area contributed by atoms with Crippen molar-refractivity contribution in [2.24, 2.45) is 0 Å². The molecule has 0 amide bonds. The molecule has 0 atom stereocenters. The molecule has 1 N–H and O–H groups in total. The summed E-state index contributed by atoms with van der Waals surface area (Å²) in [5.74, 6) is 0.980. The molecule has 0 aliphatic heterocycles. The molecule has 0 spiro atoms. The maximum absolute atomic E-state index is 5.69. The van der Waals surface area contributed by atoms with Gasteiger partial charge in [-0.25, -0.2) is 0 Å². The van der Waals surface area contributed by atoms with Gasteiger partial charge in [-0.05, 0) is 43.7 Å². The van der Waals surface area contributed by atoms with Gasteiger partial charge in [-0.2, -0.15) is 0 Å². The molecule has 0 aliphatic carbocycles. The van der Waals surface area contributed by atoms with E-state index in [2.05, 4.69) is 54.2 Å². The van der Waals surface area contributed by atoms with Gasteiger partial charge < -0.3 is 10.1 Å². The van der Waals surface area contributed by atoms with E-state index >= 15 is 0 Å². The molecule has 0 aliphatic rings. The Morgan fingerprint density at radius 3 is 2.67 bits per heavy atom. The van der Waals surface area contributed by atoms with Gasteiger partial charge in [0.15, 0.2) is 0 Å². The van der Waals surface area contributed by atoms with Crippen molar-refractivity contribution in [2.45, 2.75) is 20.8 Å². The summed E-state index contributed by atoms with van der Waals surface area (Å²) in [5, 5.41) is 3.23. The molecule has 15 heavy (non-hydrogen) atoms. The van der Waals surface area contributed by atoms with E-state index in [9.17, 15) is 0 Å². The van der Waals surface area contributed by atoms with Crippen LogP contribution >= 0.6 is 15.9 Å². The summed E-state index contributed by atoms with van der Waals surface area (Å²) in [6.07, 6.45) is 0. The van der Waals surface area contributed by atoms with Crippen LogP contribution in [0.15, 0.2) is 16.6 Å². The number of rotatable bonds is 5. The van der Waals surface area contributed by atoms with E-state index in [1.807, 2.05) is 0 Å². The molecule has 1 rings (SSSR count). The third-order valence-electron chi connectivity index (χ3n) is 2.24. The van der Waals surface area contributed by atoms with Crippen molar-refractivity contribution in [1.29, 1.82) is 0 Å². The Kier molecular flexibility index (Phi) is 5.12. The van der Waals surface area contributed by atoms with Gasteiger partial charge in [0.05, 0.1) is 0 Å². The number of halogens is 1. The minimum absolute atomic E-state index is 0.718. The SMILES string of the molecule is CCNCCOc1cc(C)c(Br)cc1C. The summed E-state index contributed by atoms with van der Waals surface area (Å²) >= 11 is 3.51. The first kappa shape index (κ1) is 12.5. The number of nitrogens with one attached hydrogen (secondary N) is 1. The lowest BCUT2D eigenvalue weighted by atomic mass is 10.1. The van der Waals surface area contributed by atoms with Gasteiger partial charge in [0.1, 0.15) is 12.4 Å². The molecule has 0 radical (unpaired) electrons. The lowest BCUT2D eigenvalue weighted by Crippen LogP contribution is -2.20. The Balaban J connectivity index is 2.57. The zero-order chi connectivity index (χ0) is 11.3. The maximum Gasteiger partial charge on any atom is 0.122 e. The normalized spacial score (nSPS) is 10.4. The van der Waals surface area contributed by atoms with Gasteiger partial charge in [0.25, 0.3) is 0 Å². The second kappa shape index (κ2) is 6.13. The van der Waals surface area contributed by atoms with Crippen molar-refractivity contribution in [3.05, 3.63) is 27.7 Å². The van der Waals surface area contributed by atoms with Crippen LogP contribution in [0.2, 0.25) is 0 Å². The van der Waals surface area contributed by atoms with Gasteiger partial charge >= 0.3 is 0 Å². The summed E-state index contributed by atoms with van der Waals surface area (Å²) in [7, 11) is 0. The van der Waals surface area contributed by atoms with E-state index in [-0.39, 0.29) is 0 Å². The molecule has 2 nitrogen and oxygen atoms in total. The Hall–Kier alpha value is -0.540. The Morgan fingerprint density at radius 2 is 2.00 bits per heavy atom. The van der Waals surface area contributed by atoms with Crippen LogP contribution in [0.5, 0.6) is 5.75 Å². The van der Waals surface area contributed by atoms with E-state index in [1.54, 1.807) is 0 Å². The van der Waals surface area contributed by atoms with Crippen LogP contribution in [0, 0.1) is 13.8 Å². The van der Waals surface area contributed by atoms with Crippen LogP contribution in [0.3, 0.4) is 0 Å². The van der Waals surface area contributed by atoms with E-state index in [0.717, 1.165) is 29.9 Å². The van der Waals surface area contributed by atoms with Crippen LogP contribution in [-0.2, 0) is 0 Å². The standard InChI is InChI=1S/C12H18BrNO/c1-4-14-5-6-15-12-8-9(2)11(13)7-10(12)3/h7-8,14H,4-6H2,1-3H3. The molecular formula is C12H18BrNO. The lowest BCUT2D eigenvalue weighted by Gasteiger charge is -2.11. The zero-order valence-corrected chi connectivity index (χ0v) is 11.1. The number of benzene rings is 1. The number of hydrogen-bond acceptors (Lipinski definition) is 2. The van der Waals surface area contributed by atoms with Crippen LogP contribution in [-0.4, -0.2) is 19.7 Å². The molecular weight excluding hydrogens is 254 g/mol. The van der Waals surface area contributed by atoms with Crippen LogP contribution < -0.4 is 10.1 Å². The molecule has 0 bridgehead atoms. The number of hydrogen-bond donors (Lipinski definition) is 1. The second-order valence-electron chi connectivity index (χ2n) is 3.57. The lowest BCUT2D eigenvalue weighted by molar-refractivity contribution is 0.313. The first-order valence-corrected chi connectivity index (χ1v) is 6.04. The average molecular weight is 272 g/mol. The number of likely N-dealkylation sites (N-methyl/N-ethyl adjacent to an activating group) is 1. The predicted molar refractivity (Wildman–Crippen MR) is 67.7 cm³/mol. The van der Waals surface area contributed by atoms with E-state index in [1.165, 1.54) is 11.1 Å². The first-order valence-electron chi connectivity index (χ1n) is 5.25. The summed E-state index contributed by atoms with van der Waals surface area (Å²) in [5.41, 5.74) is 2.38. The molecule has 3 heteroatoms. The summed E-state index contributed by atoms with van der Waals surface area (Å²) in [4.78, 5) is 0.